The predicted molar refractivity (Wildman–Crippen MR) is 87.1 cm³/mol. The lowest BCUT2D eigenvalue weighted by Crippen LogP contribution is -2.32. The van der Waals surface area contributed by atoms with Crippen LogP contribution in [0.3, 0.4) is 0 Å². The Morgan fingerprint density at radius 2 is 1.64 bits per heavy atom. The fourth-order valence-electron chi connectivity index (χ4n) is 2.75. The predicted octanol–water partition coefficient (Wildman–Crippen LogP) is 2.38. The molecule has 2 heterocycles. The first-order valence-electron chi connectivity index (χ1n) is 6.95. The van der Waals surface area contributed by atoms with E-state index in [4.69, 9.17) is 0 Å². The molecule has 0 spiro atoms. The lowest BCUT2D eigenvalue weighted by molar-refractivity contribution is 0.792. The highest BCUT2D eigenvalue weighted by molar-refractivity contribution is 6.05. The zero-order chi connectivity index (χ0) is 15.3. The largest absolute Gasteiger partial charge is 0.349 e. The molecule has 0 bridgehead atoms. The Morgan fingerprint density at radius 1 is 0.864 bits per heavy atom. The van der Waals surface area contributed by atoms with Crippen LogP contribution < -0.4 is 11.2 Å². The molecule has 0 amide bonds. The van der Waals surface area contributed by atoms with Crippen LogP contribution in [0.2, 0.25) is 0 Å². The summed E-state index contributed by atoms with van der Waals surface area (Å²) in [6.45, 7) is 0. The Morgan fingerprint density at radius 3 is 2.41 bits per heavy atom. The monoisotopic (exact) mass is 291 g/mol. The summed E-state index contributed by atoms with van der Waals surface area (Å²) in [5.41, 5.74) is 3.23. The molecule has 2 aromatic heterocycles. The smallest absolute Gasteiger partial charge is 0.328 e. The van der Waals surface area contributed by atoms with Gasteiger partial charge in [-0.2, -0.15) is 0 Å². The van der Waals surface area contributed by atoms with Crippen molar-refractivity contribution in [2.45, 2.75) is 0 Å². The van der Waals surface area contributed by atoms with Gasteiger partial charge in [-0.25, -0.2) is 4.79 Å². The van der Waals surface area contributed by atoms with E-state index < -0.39 is 5.69 Å². The summed E-state index contributed by atoms with van der Waals surface area (Å²) < 4.78 is 1.07. The molecule has 0 atom stereocenters. The van der Waals surface area contributed by atoms with Gasteiger partial charge in [0.05, 0.1) is 5.52 Å². The minimum absolute atomic E-state index is 0.323. The van der Waals surface area contributed by atoms with Crippen LogP contribution in [0, 0.1) is 0 Å². The van der Waals surface area contributed by atoms with Gasteiger partial charge in [-0.15, -0.1) is 0 Å². The Balaban J connectivity index is 2.07. The van der Waals surface area contributed by atoms with E-state index in [2.05, 4.69) is 9.97 Å². The van der Waals surface area contributed by atoms with Crippen LogP contribution in [0.1, 0.15) is 0 Å². The van der Waals surface area contributed by atoms with Gasteiger partial charge in [0.25, 0.3) is 5.56 Å². The molecular formula is C17H13N3O2. The van der Waals surface area contributed by atoms with Crippen molar-refractivity contribution in [2.24, 2.45) is 7.05 Å². The van der Waals surface area contributed by atoms with Gasteiger partial charge in [-0.05, 0) is 17.2 Å². The molecule has 22 heavy (non-hydrogen) atoms. The first-order valence-corrected chi connectivity index (χ1v) is 6.95. The maximum Gasteiger partial charge on any atom is 0.328 e. The summed E-state index contributed by atoms with van der Waals surface area (Å²) in [4.78, 5) is 29.8. The summed E-state index contributed by atoms with van der Waals surface area (Å²) in [5.74, 6) is 0. The van der Waals surface area contributed by atoms with Crippen molar-refractivity contribution in [3.05, 3.63) is 69.4 Å². The molecule has 2 aromatic carbocycles. The lowest BCUT2D eigenvalue weighted by atomic mass is 10.0. The van der Waals surface area contributed by atoms with Crippen LogP contribution in [0.25, 0.3) is 33.1 Å². The molecular weight excluding hydrogens is 278 g/mol. The SMILES string of the molecule is Cn1c(=O)[nH]c2c([nH]c3cc(-c4ccccc4)ccc32)c1=O. The standard InChI is InChI=1S/C17H13N3O2/c1-20-16(21)15-14(19-17(20)22)12-8-7-11(9-13(12)18-15)10-5-3-2-4-6-10/h2-9,18H,1H3,(H,19,22). The maximum atomic E-state index is 12.2. The zero-order valence-corrected chi connectivity index (χ0v) is 11.9. The summed E-state index contributed by atoms with van der Waals surface area (Å²) in [6.07, 6.45) is 0. The molecule has 0 saturated heterocycles. The number of hydrogen-bond donors (Lipinski definition) is 2. The molecule has 0 aliphatic carbocycles. The van der Waals surface area contributed by atoms with E-state index in [0.717, 1.165) is 26.6 Å². The van der Waals surface area contributed by atoms with Crippen LogP contribution in [0.5, 0.6) is 0 Å². The third-order valence-electron chi connectivity index (χ3n) is 3.96. The van der Waals surface area contributed by atoms with Crippen molar-refractivity contribution in [2.75, 3.05) is 0 Å². The molecule has 0 aliphatic heterocycles. The van der Waals surface area contributed by atoms with Crippen molar-refractivity contribution in [1.82, 2.24) is 14.5 Å². The lowest BCUT2D eigenvalue weighted by Gasteiger charge is -2.01. The van der Waals surface area contributed by atoms with Crippen molar-refractivity contribution in [3.63, 3.8) is 0 Å². The van der Waals surface area contributed by atoms with Gasteiger partial charge in [0.15, 0.2) is 0 Å². The van der Waals surface area contributed by atoms with Gasteiger partial charge in [0.1, 0.15) is 5.52 Å². The van der Waals surface area contributed by atoms with E-state index in [1.807, 2.05) is 48.5 Å². The van der Waals surface area contributed by atoms with Crippen molar-refractivity contribution in [1.29, 1.82) is 0 Å². The highest BCUT2D eigenvalue weighted by Crippen LogP contribution is 2.27. The molecule has 0 fully saturated rings. The van der Waals surface area contributed by atoms with Crippen LogP contribution in [-0.2, 0) is 7.05 Å². The molecule has 5 heteroatoms. The van der Waals surface area contributed by atoms with Gasteiger partial charge < -0.3 is 9.97 Å². The fraction of sp³-hybridized carbons (Fsp3) is 0.0588. The third kappa shape index (κ3) is 1.72. The summed E-state index contributed by atoms with van der Waals surface area (Å²) >= 11 is 0. The molecule has 5 nitrogen and oxygen atoms in total. The second-order valence-corrected chi connectivity index (χ2v) is 5.30. The van der Waals surface area contributed by atoms with Crippen LogP contribution in [0.15, 0.2) is 58.1 Å². The topological polar surface area (TPSA) is 70.7 Å². The average molecular weight is 291 g/mol. The third-order valence-corrected chi connectivity index (χ3v) is 3.96. The molecule has 0 unspecified atom stereocenters. The summed E-state index contributed by atoms with van der Waals surface area (Å²) in [5, 5.41) is 0.837. The van der Waals surface area contributed by atoms with Crippen LogP contribution in [-0.4, -0.2) is 14.5 Å². The number of nitrogens with one attached hydrogen (secondary N) is 2. The minimum atomic E-state index is -0.412. The second-order valence-electron chi connectivity index (χ2n) is 5.30. The number of H-pyrrole nitrogens is 2. The van der Waals surface area contributed by atoms with E-state index in [1.54, 1.807) is 0 Å². The number of aromatic amines is 2. The number of aromatic nitrogens is 3. The van der Waals surface area contributed by atoms with Crippen molar-refractivity contribution < 1.29 is 0 Å². The summed E-state index contributed by atoms with van der Waals surface area (Å²) in [7, 11) is 1.46. The van der Waals surface area contributed by atoms with Gasteiger partial charge in [0, 0.05) is 18.0 Å². The Hall–Kier alpha value is -3.08. The minimum Gasteiger partial charge on any atom is -0.349 e. The van der Waals surface area contributed by atoms with Crippen LogP contribution in [0.4, 0.5) is 0 Å². The van der Waals surface area contributed by atoms with E-state index in [1.165, 1.54) is 7.05 Å². The quantitative estimate of drug-likeness (QED) is 0.565. The molecule has 108 valence electrons. The highest BCUT2D eigenvalue weighted by Gasteiger charge is 2.11. The van der Waals surface area contributed by atoms with E-state index in [0.29, 0.717) is 11.0 Å². The normalized spacial score (nSPS) is 11.3. The highest BCUT2D eigenvalue weighted by atomic mass is 16.2. The van der Waals surface area contributed by atoms with E-state index >= 15 is 0 Å². The van der Waals surface area contributed by atoms with Gasteiger partial charge in [-0.3, -0.25) is 9.36 Å². The molecule has 4 aromatic rings. The average Bonchev–Trinajstić information content (AvgIpc) is 2.91. The van der Waals surface area contributed by atoms with E-state index in [-0.39, 0.29) is 5.56 Å². The van der Waals surface area contributed by atoms with Gasteiger partial charge >= 0.3 is 5.69 Å². The fourth-order valence-corrected chi connectivity index (χ4v) is 2.75. The Labute approximate surface area is 124 Å². The van der Waals surface area contributed by atoms with Crippen molar-refractivity contribution >= 4 is 21.9 Å². The maximum absolute atomic E-state index is 12.2. The second kappa shape index (κ2) is 4.46. The number of rotatable bonds is 1. The van der Waals surface area contributed by atoms with Crippen LogP contribution >= 0.6 is 0 Å². The summed E-state index contributed by atoms with van der Waals surface area (Å²) in [6, 6.07) is 15.9. The first-order chi connectivity index (χ1) is 10.6. The van der Waals surface area contributed by atoms with Gasteiger partial charge in [0.2, 0.25) is 0 Å². The number of nitrogens with zero attached hydrogens (tertiary/aromatic N) is 1. The number of benzene rings is 2. The molecule has 2 N–H and O–H groups in total. The Kier molecular flexibility index (Phi) is 2.56. The molecule has 0 aliphatic rings. The van der Waals surface area contributed by atoms with Gasteiger partial charge in [-0.1, -0.05) is 42.5 Å². The number of hydrogen-bond acceptors (Lipinski definition) is 2. The molecule has 0 saturated carbocycles. The van der Waals surface area contributed by atoms with E-state index in [9.17, 15) is 9.59 Å². The van der Waals surface area contributed by atoms with Crippen molar-refractivity contribution in [3.8, 4) is 11.1 Å². The zero-order valence-electron chi connectivity index (χ0n) is 11.9. The molecule has 4 rings (SSSR count). The number of fused-ring (bicyclic) bond motifs is 3. The first kappa shape index (κ1) is 12.6. The Bertz CT molecular complexity index is 1120. The molecule has 0 radical (unpaired) electrons.